The molecule has 1 aliphatic heterocycles. The first kappa shape index (κ1) is 13.7. The summed E-state index contributed by atoms with van der Waals surface area (Å²) in [6, 6.07) is 19.3. The Kier molecular flexibility index (Phi) is 4.38. The Bertz CT molecular complexity index is 548. The smallest absolute Gasteiger partial charge is 0.0367 e. The van der Waals surface area contributed by atoms with Gasteiger partial charge in [-0.2, -0.15) is 0 Å². The van der Waals surface area contributed by atoms with Crippen LogP contribution in [0.5, 0.6) is 0 Å². The number of piperazine rings is 1. The Hall–Kier alpha value is -1.32. The maximum Gasteiger partial charge on any atom is 0.0367 e. The summed E-state index contributed by atoms with van der Waals surface area (Å²) in [5.74, 6) is 0. The third-order valence-corrected chi connectivity index (χ3v) is 4.28. The number of para-hydroxylation sites is 1. The van der Waals surface area contributed by atoms with Crippen LogP contribution in [0.25, 0.3) is 0 Å². The van der Waals surface area contributed by atoms with Crippen LogP contribution in [-0.4, -0.2) is 31.1 Å². The van der Waals surface area contributed by atoms with Gasteiger partial charge in [0, 0.05) is 42.9 Å². The summed E-state index contributed by atoms with van der Waals surface area (Å²) in [7, 11) is 0. The van der Waals surface area contributed by atoms with E-state index in [0.717, 1.165) is 37.2 Å². The van der Waals surface area contributed by atoms with E-state index < -0.39 is 0 Å². The Morgan fingerprint density at radius 3 is 2.30 bits per heavy atom. The molecule has 0 bridgehead atoms. The number of anilines is 1. The molecule has 1 aliphatic rings. The van der Waals surface area contributed by atoms with Crippen LogP contribution in [0, 0.1) is 0 Å². The van der Waals surface area contributed by atoms with Crippen molar-refractivity contribution < 1.29 is 0 Å². The molecule has 20 heavy (non-hydrogen) atoms. The maximum atomic E-state index is 3.54. The van der Waals surface area contributed by atoms with E-state index in [-0.39, 0.29) is 0 Å². The van der Waals surface area contributed by atoms with Gasteiger partial charge in [-0.3, -0.25) is 4.90 Å². The molecule has 1 saturated heterocycles. The topological polar surface area (TPSA) is 6.48 Å². The van der Waals surface area contributed by atoms with Crippen molar-refractivity contribution >= 4 is 21.6 Å². The predicted molar refractivity (Wildman–Crippen MR) is 88.1 cm³/mol. The molecule has 2 aromatic rings. The summed E-state index contributed by atoms with van der Waals surface area (Å²) in [6.07, 6.45) is 0. The lowest BCUT2D eigenvalue weighted by Gasteiger charge is -2.36. The van der Waals surface area contributed by atoms with Crippen molar-refractivity contribution in [1.82, 2.24) is 4.90 Å². The SMILES string of the molecule is Brc1cccc(CN2CCN(c3ccccc3)CC2)c1. The van der Waals surface area contributed by atoms with Crippen molar-refractivity contribution in [2.24, 2.45) is 0 Å². The fourth-order valence-corrected chi connectivity index (χ4v) is 3.14. The number of rotatable bonds is 3. The highest BCUT2D eigenvalue weighted by Gasteiger charge is 2.16. The summed E-state index contributed by atoms with van der Waals surface area (Å²) in [6.45, 7) is 5.51. The minimum atomic E-state index is 1.04. The van der Waals surface area contributed by atoms with Gasteiger partial charge in [-0.25, -0.2) is 0 Å². The Labute approximate surface area is 129 Å². The minimum absolute atomic E-state index is 1.04. The van der Waals surface area contributed by atoms with Crippen molar-refractivity contribution in [3.05, 3.63) is 64.6 Å². The molecule has 0 aliphatic carbocycles. The van der Waals surface area contributed by atoms with Crippen LogP contribution < -0.4 is 4.90 Å². The van der Waals surface area contributed by atoms with Gasteiger partial charge in [0.15, 0.2) is 0 Å². The third-order valence-electron chi connectivity index (χ3n) is 3.79. The van der Waals surface area contributed by atoms with Crippen LogP contribution in [0.2, 0.25) is 0 Å². The highest BCUT2D eigenvalue weighted by atomic mass is 79.9. The molecule has 1 heterocycles. The molecule has 0 spiro atoms. The standard InChI is InChI=1S/C17H19BrN2/c18-16-6-4-5-15(13-16)14-19-9-11-20(12-10-19)17-7-2-1-3-8-17/h1-8,13H,9-12,14H2. The van der Waals surface area contributed by atoms with Crippen LogP contribution in [0.1, 0.15) is 5.56 Å². The molecular weight excluding hydrogens is 312 g/mol. The first-order valence-corrected chi connectivity index (χ1v) is 7.87. The van der Waals surface area contributed by atoms with Crippen molar-refractivity contribution in [3.8, 4) is 0 Å². The second-order valence-electron chi connectivity index (χ2n) is 5.23. The largest absolute Gasteiger partial charge is 0.369 e. The van der Waals surface area contributed by atoms with Crippen LogP contribution in [0.15, 0.2) is 59.1 Å². The number of halogens is 1. The highest BCUT2D eigenvalue weighted by Crippen LogP contribution is 2.18. The molecule has 104 valence electrons. The van der Waals surface area contributed by atoms with E-state index >= 15 is 0 Å². The zero-order valence-corrected chi connectivity index (χ0v) is 13.1. The predicted octanol–water partition coefficient (Wildman–Crippen LogP) is 3.77. The molecule has 0 atom stereocenters. The maximum absolute atomic E-state index is 3.54. The second kappa shape index (κ2) is 6.42. The highest BCUT2D eigenvalue weighted by molar-refractivity contribution is 9.10. The number of nitrogens with zero attached hydrogens (tertiary/aromatic N) is 2. The molecule has 3 rings (SSSR count). The summed E-state index contributed by atoms with van der Waals surface area (Å²) < 4.78 is 1.16. The van der Waals surface area contributed by atoms with Crippen LogP contribution >= 0.6 is 15.9 Å². The second-order valence-corrected chi connectivity index (χ2v) is 6.14. The molecular formula is C17H19BrN2. The normalized spacial score (nSPS) is 16.4. The molecule has 3 heteroatoms. The van der Waals surface area contributed by atoms with Gasteiger partial charge in [0.25, 0.3) is 0 Å². The van der Waals surface area contributed by atoms with E-state index in [0.29, 0.717) is 0 Å². The fraction of sp³-hybridized carbons (Fsp3) is 0.294. The molecule has 1 fully saturated rings. The average Bonchev–Trinajstić information content (AvgIpc) is 2.49. The van der Waals surface area contributed by atoms with E-state index in [1.165, 1.54) is 11.3 Å². The van der Waals surface area contributed by atoms with Crippen molar-refractivity contribution in [1.29, 1.82) is 0 Å². The van der Waals surface area contributed by atoms with E-state index in [9.17, 15) is 0 Å². The Morgan fingerprint density at radius 2 is 1.60 bits per heavy atom. The average molecular weight is 331 g/mol. The molecule has 2 nitrogen and oxygen atoms in total. The molecule has 2 aromatic carbocycles. The Balaban J connectivity index is 1.56. The molecule has 0 unspecified atom stereocenters. The zero-order valence-electron chi connectivity index (χ0n) is 11.5. The first-order valence-electron chi connectivity index (χ1n) is 7.08. The molecule has 0 radical (unpaired) electrons. The van der Waals surface area contributed by atoms with E-state index in [2.05, 4.69) is 80.3 Å². The quantitative estimate of drug-likeness (QED) is 0.845. The zero-order chi connectivity index (χ0) is 13.8. The van der Waals surface area contributed by atoms with E-state index in [1.54, 1.807) is 0 Å². The van der Waals surface area contributed by atoms with Gasteiger partial charge in [0.1, 0.15) is 0 Å². The summed E-state index contributed by atoms with van der Waals surface area (Å²) in [4.78, 5) is 5.00. The molecule has 0 amide bonds. The first-order chi connectivity index (χ1) is 9.81. The summed E-state index contributed by atoms with van der Waals surface area (Å²) in [5.41, 5.74) is 2.72. The lowest BCUT2D eigenvalue weighted by Crippen LogP contribution is -2.45. The van der Waals surface area contributed by atoms with Gasteiger partial charge in [-0.1, -0.05) is 46.3 Å². The number of hydrogen-bond donors (Lipinski definition) is 0. The van der Waals surface area contributed by atoms with Crippen LogP contribution in [0.3, 0.4) is 0 Å². The van der Waals surface area contributed by atoms with Gasteiger partial charge in [0.2, 0.25) is 0 Å². The van der Waals surface area contributed by atoms with Crippen molar-refractivity contribution in [2.75, 3.05) is 31.1 Å². The molecule has 0 N–H and O–H groups in total. The van der Waals surface area contributed by atoms with Gasteiger partial charge in [-0.05, 0) is 29.8 Å². The van der Waals surface area contributed by atoms with E-state index in [4.69, 9.17) is 0 Å². The van der Waals surface area contributed by atoms with E-state index in [1.807, 2.05) is 0 Å². The molecule has 0 saturated carbocycles. The van der Waals surface area contributed by atoms with Gasteiger partial charge < -0.3 is 4.90 Å². The summed E-state index contributed by atoms with van der Waals surface area (Å²) >= 11 is 3.54. The number of hydrogen-bond acceptors (Lipinski definition) is 2. The summed E-state index contributed by atoms with van der Waals surface area (Å²) in [5, 5.41) is 0. The van der Waals surface area contributed by atoms with Crippen molar-refractivity contribution in [2.45, 2.75) is 6.54 Å². The molecule has 0 aromatic heterocycles. The fourth-order valence-electron chi connectivity index (χ4n) is 2.70. The Morgan fingerprint density at radius 1 is 0.850 bits per heavy atom. The van der Waals surface area contributed by atoms with Gasteiger partial charge in [-0.15, -0.1) is 0 Å². The van der Waals surface area contributed by atoms with Crippen LogP contribution in [0.4, 0.5) is 5.69 Å². The third kappa shape index (κ3) is 3.41. The van der Waals surface area contributed by atoms with Crippen LogP contribution in [-0.2, 0) is 6.54 Å². The van der Waals surface area contributed by atoms with Gasteiger partial charge in [0.05, 0.1) is 0 Å². The lowest BCUT2D eigenvalue weighted by molar-refractivity contribution is 0.250. The minimum Gasteiger partial charge on any atom is -0.369 e. The lowest BCUT2D eigenvalue weighted by atomic mass is 10.2. The van der Waals surface area contributed by atoms with Gasteiger partial charge >= 0.3 is 0 Å². The monoisotopic (exact) mass is 330 g/mol. The van der Waals surface area contributed by atoms with Crippen molar-refractivity contribution in [3.63, 3.8) is 0 Å². The number of benzene rings is 2.